The Kier molecular flexibility index (Phi) is 4.01. The van der Waals surface area contributed by atoms with Gasteiger partial charge in [0.2, 0.25) is 0 Å². The van der Waals surface area contributed by atoms with Crippen molar-refractivity contribution >= 4 is 22.7 Å². The summed E-state index contributed by atoms with van der Waals surface area (Å²) in [6.07, 6.45) is 3.65. The van der Waals surface area contributed by atoms with Gasteiger partial charge in [-0.1, -0.05) is 0 Å². The fraction of sp³-hybridized carbons (Fsp3) is 0.312. The Morgan fingerprint density at radius 1 is 1.13 bits per heavy atom. The summed E-state index contributed by atoms with van der Waals surface area (Å²) in [5, 5.41) is 11.2. The number of nitrogens with zero attached hydrogens (tertiary/aromatic N) is 4. The Labute approximate surface area is 134 Å². The normalized spacial score (nSPS) is 14.8. The van der Waals surface area contributed by atoms with Crippen molar-refractivity contribution in [2.24, 2.45) is 0 Å². The molecule has 0 aliphatic carbocycles. The van der Waals surface area contributed by atoms with E-state index in [1.54, 1.807) is 18.3 Å². The van der Waals surface area contributed by atoms with Gasteiger partial charge in [0.05, 0.1) is 16.8 Å². The molecule has 23 heavy (non-hydrogen) atoms. The van der Waals surface area contributed by atoms with Gasteiger partial charge in [-0.25, -0.2) is 0 Å². The quantitative estimate of drug-likeness (QED) is 0.531. The molecule has 3 rings (SSSR count). The predicted octanol–water partition coefficient (Wildman–Crippen LogP) is 2.21. The number of rotatable bonds is 3. The van der Waals surface area contributed by atoms with Crippen molar-refractivity contribution in [3.63, 3.8) is 0 Å². The summed E-state index contributed by atoms with van der Waals surface area (Å²) in [5.74, 6) is 0. The number of aromatic nitrogens is 1. The second-order valence-corrected chi connectivity index (χ2v) is 5.64. The fourth-order valence-electron chi connectivity index (χ4n) is 2.92. The minimum Gasteiger partial charge on any atom is -0.399 e. The molecule has 1 fully saturated rings. The number of benzene rings is 1. The number of hydrogen-bond acceptors (Lipinski definition) is 6. The molecule has 0 atom stereocenters. The number of aryl methyl sites for hydroxylation is 1. The summed E-state index contributed by atoms with van der Waals surface area (Å²) in [7, 11) is 0. The first-order valence-corrected chi connectivity index (χ1v) is 7.50. The van der Waals surface area contributed by atoms with Gasteiger partial charge < -0.3 is 15.5 Å². The van der Waals surface area contributed by atoms with Crippen LogP contribution in [0.5, 0.6) is 0 Å². The molecule has 120 valence electrons. The minimum absolute atomic E-state index is 0.102. The van der Waals surface area contributed by atoms with Crippen LogP contribution in [0.4, 0.5) is 22.7 Å². The molecule has 1 saturated heterocycles. The average Bonchev–Trinajstić information content (AvgIpc) is 2.55. The summed E-state index contributed by atoms with van der Waals surface area (Å²) in [4.78, 5) is 19.3. The van der Waals surface area contributed by atoms with E-state index >= 15 is 0 Å². The lowest BCUT2D eigenvalue weighted by Crippen LogP contribution is -2.47. The molecule has 0 radical (unpaired) electrons. The standard InChI is InChI=1S/C16H19N5O2/c1-12-4-5-18-11-16(12)20-8-6-19(7-9-20)15-10-13(17)2-3-14(15)21(22)23/h2-5,10-11H,6-9,17H2,1H3. The van der Waals surface area contributed by atoms with Crippen molar-refractivity contribution in [3.05, 3.63) is 52.3 Å². The molecular weight excluding hydrogens is 294 g/mol. The molecule has 0 saturated carbocycles. The van der Waals surface area contributed by atoms with Crippen LogP contribution in [0.2, 0.25) is 0 Å². The third-order valence-corrected chi connectivity index (χ3v) is 4.17. The Morgan fingerprint density at radius 3 is 2.39 bits per heavy atom. The van der Waals surface area contributed by atoms with Gasteiger partial charge in [0.15, 0.2) is 0 Å². The zero-order chi connectivity index (χ0) is 16.4. The topological polar surface area (TPSA) is 88.5 Å². The van der Waals surface area contributed by atoms with Crippen LogP contribution in [0.1, 0.15) is 5.56 Å². The van der Waals surface area contributed by atoms with Gasteiger partial charge in [0, 0.05) is 44.1 Å². The molecule has 0 spiro atoms. The van der Waals surface area contributed by atoms with E-state index in [9.17, 15) is 10.1 Å². The van der Waals surface area contributed by atoms with E-state index in [2.05, 4.69) is 16.8 Å². The Morgan fingerprint density at radius 2 is 1.78 bits per heavy atom. The van der Waals surface area contributed by atoms with Crippen LogP contribution in [0.3, 0.4) is 0 Å². The fourth-order valence-corrected chi connectivity index (χ4v) is 2.92. The van der Waals surface area contributed by atoms with Crippen molar-refractivity contribution in [3.8, 4) is 0 Å². The predicted molar refractivity (Wildman–Crippen MR) is 90.9 cm³/mol. The molecular formula is C16H19N5O2. The van der Waals surface area contributed by atoms with Gasteiger partial charge in [-0.15, -0.1) is 0 Å². The molecule has 2 aromatic rings. The molecule has 2 N–H and O–H groups in total. The highest BCUT2D eigenvalue weighted by molar-refractivity contribution is 5.69. The molecule has 1 aromatic carbocycles. The third kappa shape index (κ3) is 3.03. The van der Waals surface area contributed by atoms with E-state index in [1.807, 2.05) is 17.2 Å². The maximum absolute atomic E-state index is 11.2. The summed E-state index contributed by atoms with van der Waals surface area (Å²) < 4.78 is 0. The van der Waals surface area contributed by atoms with Gasteiger partial charge in [-0.2, -0.15) is 0 Å². The van der Waals surface area contributed by atoms with E-state index in [-0.39, 0.29) is 10.6 Å². The monoisotopic (exact) mass is 313 g/mol. The second kappa shape index (κ2) is 6.12. The minimum atomic E-state index is -0.355. The zero-order valence-electron chi connectivity index (χ0n) is 13.0. The number of hydrogen-bond donors (Lipinski definition) is 1. The van der Waals surface area contributed by atoms with Crippen molar-refractivity contribution < 1.29 is 4.92 Å². The molecule has 1 aromatic heterocycles. The van der Waals surface area contributed by atoms with Crippen molar-refractivity contribution in [2.45, 2.75) is 6.92 Å². The number of nitro benzene ring substituents is 1. The Hall–Kier alpha value is -2.83. The van der Waals surface area contributed by atoms with E-state index in [0.717, 1.165) is 18.8 Å². The zero-order valence-corrected chi connectivity index (χ0v) is 13.0. The molecule has 0 amide bonds. The Balaban J connectivity index is 1.78. The highest BCUT2D eigenvalue weighted by Crippen LogP contribution is 2.31. The second-order valence-electron chi connectivity index (χ2n) is 5.64. The SMILES string of the molecule is Cc1ccncc1N1CCN(c2cc(N)ccc2[N+](=O)[O-])CC1. The summed E-state index contributed by atoms with van der Waals surface area (Å²) in [6.45, 7) is 5.06. The molecule has 0 unspecified atom stereocenters. The lowest BCUT2D eigenvalue weighted by molar-refractivity contribution is -0.384. The summed E-state index contributed by atoms with van der Waals surface area (Å²) >= 11 is 0. The molecule has 1 aliphatic heterocycles. The number of nitro groups is 1. The van der Waals surface area contributed by atoms with Crippen LogP contribution in [0.15, 0.2) is 36.7 Å². The first-order valence-electron chi connectivity index (χ1n) is 7.50. The molecule has 7 nitrogen and oxygen atoms in total. The highest BCUT2D eigenvalue weighted by Gasteiger charge is 2.24. The first-order chi connectivity index (χ1) is 11.1. The van der Waals surface area contributed by atoms with Gasteiger partial charge >= 0.3 is 0 Å². The lowest BCUT2D eigenvalue weighted by atomic mass is 10.1. The van der Waals surface area contributed by atoms with E-state index in [0.29, 0.717) is 24.5 Å². The third-order valence-electron chi connectivity index (χ3n) is 4.17. The van der Waals surface area contributed by atoms with Gasteiger partial charge in [-0.05, 0) is 30.7 Å². The van der Waals surface area contributed by atoms with E-state index in [4.69, 9.17) is 5.73 Å². The summed E-state index contributed by atoms with van der Waals surface area (Å²) in [6, 6.07) is 6.72. The number of nitrogens with two attached hydrogens (primary N) is 1. The maximum atomic E-state index is 11.2. The van der Waals surface area contributed by atoms with Crippen LogP contribution in [0, 0.1) is 17.0 Å². The van der Waals surface area contributed by atoms with Gasteiger partial charge in [-0.3, -0.25) is 15.1 Å². The van der Waals surface area contributed by atoms with Crippen LogP contribution in [0.25, 0.3) is 0 Å². The van der Waals surface area contributed by atoms with Gasteiger partial charge in [0.1, 0.15) is 5.69 Å². The van der Waals surface area contributed by atoms with Gasteiger partial charge in [0.25, 0.3) is 5.69 Å². The number of anilines is 3. The number of nitrogen functional groups attached to an aromatic ring is 1. The number of piperazine rings is 1. The van der Waals surface area contributed by atoms with Crippen LogP contribution >= 0.6 is 0 Å². The summed E-state index contributed by atoms with van der Waals surface area (Å²) in [5.41, 5.74) is 9.34. The van der Waals surface area contributed by atoms with E-state index in [1.165, 1.54) is 11.6 Å². The number of pyridine rings is 1. The molecule has 7 heteroatoms. The van der Waals surface area contributed by atoms with Crippen LogP contribution in [-0.2, 0) is 0 Å². The Bertz CT molecular complexity index is 726. The molecule has 0 bridgehead atoms. The average molecular weight is 313 g/mol. The smallest absolute Gasteiger partial charge is 0.292 e. The van der Waals surface area contributed by atoms with Crippen molar-refractivity contribution in [1.29, 1.82) is 0 Å². The van der Waals surface area contributed by atoms with Crippen LogP contribution in [-0.4, -0.2) is 36.1 Å². The van der Waals surface area contributed by atoms with Crippen molar-refractivity contribution in [2.75, 3.05) is 41.7 Å². The van der Waals surface area contributed by atoms with Crippen LogP contribution < -0.4 is 15.5 Å². The first kappa shape index (κ1) is 15.1. The highest BCUT2D eigenvalue weighted by atomic mass is 16.6. The van der Waals surface area contributed by atoms with Crippen molar-refractivity contribution in [1.82, 2.24) is 4.98 Å². The molecule has 1 aliphatic rings. The lowest BCUT2D eigenvalue weighted by Gasteiger charge is -2.37. The van der Waals surface area contributed by atoms with E-state index < -0.39 is 0 Å². The molecule has 2 heterocycles. The largest absolute Gasteiger partial charge is 0.399 e. The maximum Gasteiger partial charge on any atom is 0.292 e.